The van der Waals surface area contributed by atoms with Gasteiger partial charge >= 0.3 is 0 Å². The second-order valence-electron chi connectivity index (χ2n) is 4.68. The Kier molecular flexibility index (Phi) is 6.69. The first-order chi connectivity index (χ1) is 9.52. The molecular weight excluding hydrogens is 258 g/mol. The Hall–Kier alpha value is -1.92. The van der Waals surface area contributed by atoms with Gasteiger partial charge in [-0.2, -0.15) is 0 Å². The van der Waals surface area contributed by atoms with Gasteiger partial charge in [-0.1, -0.05) is 30.3 Å². The van der Waals surface area contributed by atoms with Gasteiger partial charge in [0.1, 0.15) is 0 Å². The number of amides is 2. The molecule has 2 unspecified atom stereocenters. The third-order valence-electron chi connectivity index (χ3n) is 2.91. The molecule has 2 amide bonds. The van der Waals surface area contributed by atoms with Gasteiger partial charge in [0, 0.05) is 12.6 Å². The predicted octanol–water partition coefficient (Wildman–Crippen LogP) is -0.701. The number of rotatable bonds is 8. The highest BCUT2D eigenvalue weighted by Gasteiger charge is 2.19. The first-order valence-electron chi connectivity index (χ1n) is 6.52. The first kappa shape index (κ1) is 16.1. The molecule has 6 N–H and O–H groups in total. The number of aliphatic hydroxyl groups excluding tert-OH is 1. The van der Waals surface area contributed by atoms with E-state index >= 15 is 0 Å². The summed E-state index contributed by atoms with van der Waals surface area (Å²) >= 11 is 0. The molecule has 0 saturated carbocycles. The van der Waals surface area contributed by atoms with Crippen LogP contribution >= 0.6 is 0 Å². The van der Waals surface area contributed by atoms with Gasteiger partial charge in [-0.05, 0) is 18.4 Å². The first-order valence-corrected chi connectivity index (χ1v) is 6.52. The summed E-state index contributed by atoms with van der Waals surface area (Å²) in [5.74, 6) is -1.05. The zero-order valence-electron chi connectivity index (χ0n) is 11.3. The summed E-state index contributed by atoms with van der Waals surface area (Å²) in [6.07, 6.45) is 0.823. The molecule has 0 spiro atoms. The topological polar surface area (TPSA) is 118 Å². The van der Waals surface area contributed by atoms with Gasteiger partial charge in [-0.3, -0.25) is 9.59 Å². The molecule has 0 saturated heterocycles. The lowest BCUT2D eigenvalue weighted by Gasteiger charge is -2.20. The molecule has 2 atom stereocenters. The second kappa shape index (κ2) is 8.29. The van der Waals surface area contributed by atoms with Crippen LogP contribution in [0, 0.1) is 0 Å². The highest BCUT2D eigenvalue weighted by molar-refractivity contribution is 5.87. The number of carbonyl (C=O) groups excluding carboxylic acids is 2. The minimum atomic E-state index is -0.954. The van der Waals surface area contributed by atoms with Crippen molar-refractivity contribution in [3.8, 4) is 0 Å². The average Bonchev–Trinajstić information content (AvgIpc) is 2.39. The maximum Gasteiger partial charge on any atom is 0.237 e. The van der Waals surface area contributed by atoms with Crippen LogP contribution in [-0.4, -0.2) is 35.6 Å². The number of nitrogens with two attached hydrogens (primary N) is 2. The molecule has 6 nitrogen and oxygen atoms in total. The smallest absolute Gasteiger partial charge is 0.237 e. The number of benzene rings is 1. The van der Waals surface area contributed by atoms with Crippen molar-refractivity contribution in [2.45, 2.75) is 31.3 Å². The Bertz CT molecular complexity index is 437. The van der Waals surface area contributed by atoms with Gasteiger partial charge in [-0.15, -0.1) is 0 Å². The molecule has 0 aliphatic rings. The van der Waals surface area contributed by atoms with Crippen LogP contribution < -0.4 is 16.8 Å². The minimum Gasteiger partial charge on any atom is -0.396 e. The van der Waals surface area contributed by atoms with Crippen molar-refractivity contribution in [3.05, 3.63) is 35.9 Å². The number of hydrogen-bond acceptors (Lipinski definition) is 4. The van der Waals surface area contributed by atoms with E-state index in [1.165, 1.54) is 0 Å². The van der Waals surface area contributed by atoms with Gasteiger partial charge in [0.15, 0.2) is 0 Å². The number of aliphatic hydroxyl groups is 1. The molecule has 0 aliphatic carbocycles. The molecule has 6 heteroatoms. The summed E-state index contributed by atoms with van der Waals surface area (Å²) in [6.45, 7) is -0.0389. The standard InChI is InChI=1S/C14H21N3O3/c15-12(9-13(16)19)14(20)17-11(6-7-18)8-10-4-2-1-3-5-10/h1-5,11-12,18H,6-9,15H2,(H2,16,19)(H,17,20). The normalized spacial score (nSPS) is 13.5. The van der Waals surface area contributed by atoms with E-state index in [9.17, 15) is 9.59 Å². The largest absolute Gasteiger partial charge is 0.396 e. The van der Waals surface area contributed by atoms with Gasteiger partial charge in [0.2, 0.25) is 11.8 Å². The second-order valence-corrected chi connectivity index (χ2v) is 4.68. The Labute approximate surface area is 118 Å². The van der Waals surface area contributed by atoms with Gasteiger partial charge in [0.05, 0.1) is 12.5 Å². The lowest BCUT2D eigenvalue weighted by atomic mass is 10.0. The van der Waals surface area contributed by atoms with Crippen LogP contribution in [0.2, 0.25) is 0 Å². The Morgan fingerprint density at radius 1 is 1.25 bits per heavy atom. The molecule has 0 heterocycles. The van der Waals surface area contributed by atoms with E-state index in [1.807, 2.05) is 30.3 Å². The minimum absolute atomic E-state index is 0.0389. The maximum atomic E-state index is 11.8. The van der Waals surface area contributed by atoms with Crippen molar-refractivity contribution in [1.29, 1.82) is 0 Å². The molecule has 1 aromatic carbocycles. The molecular formula is C14H21N3O3. The monoisotopic (exact) mass is 279 g/mol. The molecule has 0 bridgehead atoms. The van der Waals surface area contributed by atoms with Crippen molar-refractivity contribution >= 4 is 11.8 Å². The van der Waals surface area contributed by atoms with Gasteiger partial charge in [-0.25, -0.2) is 0 Å². The van der Waals surface area contributed by atoms with Crippen molar-refractivity contribution in [3.63, 3.8) is 0 Å². The third kappa shape index (κ3) is 5.81. The summed E-state index contributed by atoms with van der Waals surface area (Å²) < 4.78 is 0. The van der Waals surface area contributed by atoms with Crippen LogP contribution in [0.5, 0.6) is 0 Å². The molecule has 20 heavy (non-hydrogen) atoms. The van der Waals surface area contributed by atoms with E-state index < -0.39 is 17.9 Å². The molecule has 0 fully saturated rings. The van der Waals surface area contributed by atoms with E-state index in [4.69, 9.17) is 16.6 Å². The zero-order valence-corrected chi connectivity index (χ0v) is 11.3. The predicted molar refractivity (Wildman–Crippen MR) is 75.6 cm³/mol. The average molecular weight is 279 g/mol. The van der Waals surface area contributed by atoms with Crippen LogP contribution in [0.15, 0.2) is 30.3 Å². The fraction of sp³-hybridized carbons (Fsp3) is 0.429. The molecule has 1 aromatic rings. The highest BCUT2D eigenvalue weighted by Crippen LogP contribution is 2.06. The fourth-order valence-corrected chi connectivity index (χ4v) is 1.90. The fourth-order valence-electron chi connectivity index (χ4n) is 1.90. The lowest BCUT2D eigenvalue weighted by Crippen LogP contribution is -2.47. The third-order valence-corrected chi connectivity index (χ3v) is 2.91. The van der Waals surface area contributed by atoms with Crippen LogP contribution in [0.25, 0.3) is 0 Å². The van der Waals surface area contributed by atoms with Crippen molar-refractivity contribution < 1.29 is 14.7 Å². The van der Waals surface area contributed by atoms with Gasteiger partial charge < -0.3 is 21.9 Å². The number of primary amides is 1. The summed E-state index contributed by atoms with van der Waals surface area (Å²) in [5, 5.41) is 11.8. The molecule has 0 radical (unpaired) electrons. The Balaban J connectivity index is 2.58. The Morgan fingerprint density at radius 3 is 2.45 bits per heavy atom. The molecule has 110 valence electrons. The van der Waals surface area contributed by atoms with E-state index in [2.05, 4.69) is 5.32 Å². The lowest BCUT2D eigenvalue weighted by molar-refractivity contribution is -0.126. The van der Waals surface area contributed by atoms with E-state index in [1.54, 1.807) is 0 Å². The summed E-state index contributed by atoms with van der Waals surface area (Å²) in [7, 11) is 0. The quantitative estimate of drug-likeness (QED) is 0.503. The summed E-state index contributed by atoms with van der Waals surface area (Å²) in [5.41, 5.74) is 11.6. The van der Waals surface area contributed by atoms with E-state index in [0.717, 1.165) is 5.56 Å². The molecule has 0 aromatic heterocycles. The number of nitrogens with one attached hydrogen (secondary N) is 1. The van der Waals surface area contributed by atoms with E-state index in [-0.39, 0.29) is 19.1 Å². The molecule has 1 rings (SSSR count). The van der Waals surface area contributed by atoms with Gasteiger partial charge in [0.25, 0.3) is 0 Å². The SMILES string of the molecule is NC(=O)CC(N)C(=O)NC(CCO)Cc1ccccc1. The van der Waals surface area contributed by atoms with Crippen molar-refractivity contribution in [2.24, 2.45) is 11.5 Å². The van der Waals surface area contributed by atoms with Crippen LogP contribution in [0.1, 0.15) is 18.4 Å². The van der Waals surface area contributed by atoms with Crippen molar-refractivity contribution in [2.75, 3.05) is 6.61 Å². The van der Waals surface area contributed by atoms with E-state index in [0.29, 0.717) is 12.8 Å². The van der Waals surface area contributed by atoms with Crippen molar-refractivity contribution in [1.82, 2.24) is 5.32 Å². The summed E-state index contributed by atoms with van der Waals surface area (Å²) in [4.78, 5) is 22.6. The highest BCUT2D eigenvalue weighted by atomic mass is 16.3. The maximum absolute atomic E-state index is 11.8. The number of carbonyl (C=O) groups is 2. The van der Waals surface area contributed by atoms with Crippen LogP contribution in [0.4, 0.5) is 0 Å². The molecule has 0 aliphatic heterocycles. The number of hydrogen-bond donors (Lipinski definition) is 4. The van der Waals surface area contributed by atoms with Crippen LogP contribution in [-0.2, 0) is 16.0 Å². The summed E-state index contributed by atoms with van der Waals surface area (Å²) in [6, 6.07) is 8.43. The van der Waals surface area contributed by atoms with Crippen LogP contribution in [0.3, 0.4) is 0 Å². The Morgan fingerprint density at radius 2 is 1.90 bits per heavy atom. The zero-order chi connectivity index (χ0) is 15.0.